The third kappa shape index (κ3) is 3.15. The van der Waals surface area contributed by atoms with Crippen molar-refractivity contribution in [2.24, 2.45) is 11.8 Å². The molecule has 0 aliphatic heterocycles. The molecule has 1 aromatic heterocycles. The van der Waals surface area contributed by atoms with E-state index in [1.807, 2.05) is 13.8 Å². The highest BCUT2D eigenvalue weighted by Crippen LogP contribution is 2.39. The molecule has 0 bridgehead atoms. The highest BCUT2D eigenvalue weighted by Gasteiger charge is 2.28. The van der Waals surface area contributed by atoms with Crippen molar-refractivity contribution in [1.82, 2.24) is 9.36 Å². The molecular formula is C11H17N3O2S. The Morgan fingerprint density at radius 3 is 2.82 bits per heavy atom. The van der Waals surface area contributed by atoms with E-state index in [0.29, 0.717) is 12.5 Å². The predicted octanol–water partition coefficient (Wildman–Crippen LogP) is 2.18. The van der Waals surface area contributed by atoms with Crippen LogP contribution < -0.4 is 5.32 Å². The normalized spacial score (nSPS) is 17.1. The summed E-state index contributed by atoms with van der Waals surface area (Å²) < 4.78 is 4.27. The first kappa shape index (κ1) is 12.3. The van der Waals surface area contributed by atoms with E-state index in [-0.39, 0.29) is 11.8 Å². The fourth-order valence-electron chi connectivity index (χ4n) is 1.62. The van der Waals surface area contributed by atoms with E-state index in [0.717, 1.165) is 11.0 Å². The Hall–Kier alpha value is -1.17. The molecule has 2 N–H and O–H groups in total. The van der Waals surface area contributed by atoms with E-state index in [9.17, 15) is 4.79 Å². The molecular weight excluding hydrogens is 238 g/mol. The number of carboxylic acids is 1. The van der Waals surface area contributed by atoms with Gasteiger partial charge in [0.1, 0.15) is 5.82 Å². The van der Waals surface area contributed by atoms with E-state index in [4.69, 9.17) is 5.11 Å². The van der Waals surface area contributed by atoms with Crippen molar-refractivity contribution < 1.29 is 9.90 Å². The van der Waals surface area contributed by atoms with Gasteiger partial charge in [0, 0.05) is 24.0 Å². The zero-order valence-electron chi connectivity index (χ0n) is 10.0. The van der Waals surface area contributed by atoms with E-state index >= 15 is 0 Å². The zero-order chi connectivity index (χ0) is 12.4. The summed E-state index contributed by atoms with van der Waals surface area (Å²) >= 11 is 1.32. The summed E-state index contributed by atoms with van der Waals surface area (Å²) in [6, 6.07) is 0. The molecule has 1 aliphatic rings. The Bertz CT molecular complexity index is 401. The molecule has 0 amide bonds. The fourth-order valence-corrected chi connectivity index (χ4v) is 2.27. The first-order valence-corrected chi connectivity index (χ1v) is 6.65. The Morgan fingerprint density at radius 2 is 2.29 bits per heavy atom. The van der Waals surface area contributed by atoms with Crippen LogP contribution in [0.4, 0.5) is 5.13 Å². The van der Waals surface area contributed by atoms with Crippen molar-refractivity contribution in [1.29, 1.82) is 0 Å². The number of nitrogens with zero attached hydrogens (tertiary/aromatic N) is 2. The van der Waals surface area contributed by atoms with Crippen LogP contribution in [0.1, 0.15) is 38.4 Å². The third-order valence-corrected chi connectivity index (χ3v) is 3.67. The Labute approximate surface area is 104 Å². The van der Waals surface area contributed by atoms with Crippen molar-refractivity contribution >= 4 is 22.6 Å². The van der Waals surface area contributed by atoms with Gasteiger partial charge in [0.25, 0.3) is 0 Å². The number of aliphatic carboxylic acids is 1. The van der Waals surface area contributed by atoms with Crippen LogP contribution in [-0.4, -0.2) is 27.0 Å². The van der Waals surface area contributed by atoms with E-state index < -0.39 is 5.97 Å². The monoisotopic (exact) mass is 255 g/mol. The first-order valence-electron chi connectivity index (χ1n) is 5.88. The summed E-state index contributed by atoms with van der Waals surface area (Å²) in [6.45, 7) is 4.23. The minimum Gasteiger partial charge on any atom is -0.481 e. The second-order valence-electron chi connectivity index (χ2n) is 4.80. The second-order valence-corrected chi connectivity index (χ2v) is 5.55. The van der Waals surface area contributed by atoms with Crippen LogP contribution in [0.2, 0.25) is 0 Å². The van der Waals surface area contributed by atoms with Crippen molar-refractivity contribution in [3.63, 3.8) is 0 Å². The molecule has 0 saturated heterocycles. The van der Waals surface area contributed by atoms with Gasteiger partial charge in [-0.15, -0.1) is 0 Å². The maximum absolute atomic E-state index is 11.0. The minimum atomic E-state index is -0.764. The number of hydrogen-bond donors (Lipinski definition) is 2. The lowest BCUT2D eigenvalue weighted by Gasteiger charge is -2.15. The predicted molar refractivity (Wildman–Crippen MR) is 66.3 cm³/mol. The molecule has 1 saturated carbocycles. The summed E-state index contributed by atoms with van der Waals surface area (Å²) in [5.41, 5.74) is 0. The van der Waals surface area contributed by atoms with Gasteiger partial charge in [0.15, 0.2) is 0 Å². The molecule has 1 aromatic rings. The Morgan fingerprint density at radius 1 is 1.59 bits per heavy atom. The van der Waals surface area contributed by atoms with Gasteiger partial charge < -0.3 is 10.4 Å². The van der Waals surface area contributed by atoms with Gasteiger partial charge in [-0.05, 0) is 18.8 Å². The minimum absolute atomic E-state index is 0.107. The molecule has 0 spiro atoms. The van der Waals surface area contributed by atoms with Crippen LogP contribution in [0.3, 0.4) is 0 Å². The smallest absolute Gasteiger partial charge is 0.308 e. The van der Waals surface area contributed by atoms with Crippen LogP contribution in [0, 0.1) is 11.8 Å². The van der Waals surface area contributed by atoms with E-state index in [2.05, 4.69) is 14.7 Å². The topological polar surface area (TPSA) is 75.1 Å². The average Bonchev–Trinajstić information content (AvgIpc) is 2.99. The zero-order valence-corrected chi connectivity index (χ0v) is 10.8. The van der Waals surface area contributed by atoms with Crippen LogP contribution >= 0.6 is 11.5 Å². The largest absolute Gasteiger partial charge is 0.481 e. The maximum atomic E-state index is 11.0. The highest BCUT2D eigenvalue weighted by atomic mass is 32.1. The van der Waals surface area contributed by atoms with E-state index in [1.54, 1.807) is 0 Å². The van der Waals surface area contributed by atoms with Gasteiger partial charge in [-0.1, -0.05) is 13.8 Å². The van der Waals surface area contributed by atoms with Gasteiger partial charge >= 0.3 is 5.97 Å². The van der Waals surface area contributed by atoms with Crippen LogP contribution in [0.5, 0.6) is 0 Å². The summed E-state index contributed by atoms with van der Waals surface area (Å²) in [6.07, 6.45) is 2.36. The first-order chi connectivity index (χ1) is 8.08. The number of nitrogens with one attached hydrogen (secondary N) is 1. The molecule has 1 fully saturated rings. The van der Waals surface area contributed by atoms with Crippen molar-refractivity contribution in [3.05, 3.63) is 5.82 Å². The number of rotatable bonds is 6. The Balaban J connectivity index is 1.89. The molecule has 17 heavy (non-hydrogen) atoms. The molecule has 1 heterocycles. The molecule has 0 radical (unpaired) electrons. The molecule has 6 heteroatoms. The number of hydrogen-bond acceptors (Lipinski definition) is 5. The van der Waals surface area contributed by atoms with Crippen LogP contribution in [-0.2, 0) is 4.79 Å². The highest BCUT2D eigenvalue weighted by molar-refractivity contribution is 7.09. The lowest BCUT2D eigenvalue weighted by molar-refractivity contribution is -0.142. The third-order valence-electron chi connectivity index (χ3n) is 2.98. The molecule has 94 valence electrons. The summed E-state index contributed by atoms with van der Waals surface area (Å²) in [5, 5.41) is 12.9. The number of aromatic nitrogens is 2. The molecule has 0 aromatic carbocycles. The molecule has 1 unspecified atom stereocenters. The average molecular weight is 255 g/mol. The second kappa shape index (κ2) is 5.00. The van der Waals surface area contributed by atoms with Gasteiger partial charge in [-0.3, -0.25) is 4.79 Å². The molecule has 5 nitrogen and oxygen atoms in total. The van der Waals surface area contributed by atoms with Gasteiger partial charge in [0.2, 0.25) is 5.13 Å². The fraction of sp³-hybridized carbons (Fsp3) is 0.727. The van der Waals surface area contributed by atoms with Crippen molar-refractivity contribution in [3.8, 4) is 0 Å². The molecule has 2 rings (SSSR count). The number of carboxylic acid groups (broad SMARTS) is 1. The summed E-state index contributed by atoms with van der Waals surface area (Å²) in [4.78, 5) is 15.4. The quantitative estimate of drug-likeness (QED) is 0.815. The van der Waals surface area contributed by atoms with Gasteiger partial charge in [-0.25, -0.2) is 4.98 Å². The van der Waals surface area contributed by atoms with Crippen molar-refractivity contribution in [2.75, 3.05) is 11.9 Å². The molecule has 1 atom stereocenters. The lowest BCUT2D eigenvalue weighted by atomic mass is 9.96. The van der Waals surface area contributed by atoms with Crippen LogP contribution in [0.15, 0.2) is 0 Å². The SMILES string of the molecule is CC(C)C(CNc1nc(C2CC2)ns1)C(=O)O. The summed E-state index contributed by atoms with van der Waals surface area (Å²) in [7, 11) is 0. The standard InChI is InChI=1S/C11H17N3O2S/c1-6(2)8(10(15)16)5-12-11-13-9(14-17-11)7-3-4-7/h6-8H,3-5H2,1-2H3,(H,15,16)(H,12,13,14). The van der Waals surface area contributed by atoms with E-state index in [1.165, 1.54) is 24.4 Å². The molecule has 1 aliphatic carbocycles. The van der Waals surface area contributed by atoms with Gasteiger partial charge in [0.05, 0.1) is 5.92 Å². The number of anilines is 1. The van der Waals surface area contributed by atoms with Crippen molar-refractivity contribution in [2.45, 2.75) is 32.6 Å². The summed E-state index contributed by atoms with van der Waals surface area (Å²) in [5.74, 6) is 0.412. The van der Waals surface area contributed by atoms with Gasteiger partial charge in [-0.2, -0.15) is 4.37 Å². The van der Waals surface area contributed by atoms with Crippen LogP contribution in [0.25, 0.3) is 0 Å². The maximum Gasteiger partial charge on any atom is 0.308 e. The Kier molecular flexibility index (Phi) is 3.61. The number of carbonyl (C=O) groups is 1. The lowest BCUT2D eigenvalue weighted by Crippen LogP contribution is -2.27.